The molecule has 1 amide bonds. The Morgan fingerprint density at radius 1 is 1.21 bits per heavy atom. The normalized spacial score (nSPS) is 13.8. The van der Waals surface area contributed by atoms with Gasteiger partial charge in [-0.25, -0.2) is 4.98 Å². The van der Waals surface area contributed by atoms with Crippen molar-refractivity contribution in [3.05, 3.63) is 54.2 Å². The van der Waals surface area contributed by atoms with E-state index in [1.165, 1.54) is 6.08 Å². The van der Waals surface area contributed by atoms with Gasteiger partial charge in [0.2, 0.25) is 5.91 Å². The molecule has 1 N–H and O–H groups in total. The first-order valence-corrected chi connectivity index (χ1v) is 10.8. The smallest absolute Gasteiger partial charge is 0.245 e. The van der Waals surface area contributed by atoms with E-state index in [1.54, 1.807) is 20.4 Å². The molecule has 0 aliphatic carbocycles. The molecule has 0 atom stereocenters. The molecule has 0 saturated carbocycles. The summed E-state index contributed by atoms with van der Waals surface area (Å²) in [6, 6.07) is 7.70. The maximum atomic E-state index is 11.9. The van der Waals surface area contributed by atoms with Gasteiger partial charge >= 0.3 is 0 Å². The summed E-state index contributed by atoms with van der Waals surface area (Å²) in [5, 5.41) is 8.46. The maximum absolute atomic E-state index is 11.9. The Kier molecular flexibility index (Phi) is 6.50. The van der Waals surface area contributed by atoms with E-state index in [0.29, 0.717) is 30.2 Å². The first kappa shape index (κ1) is 22.2. The Balaban J connectivity index is 1.63. The highest BCUT2D eigenvalue weighted by molar-refractivity contribution is 5.93. The minimum absolute atomic E-state index is 0.0164. The van der Waals surface area contributed by atoms with Crippen LogP contribution in [0.2, 0.25) is 0 Å². The van der Waals surface area contributed by atoms with E-state index < -0.39 is 0 Å². The number of carbonyl (C=O) groups excluding carboxylic acids is 1. The lowest BCUT2D eigenvalue weighted by atomic mass is 10.0. The van der Waals surface area contributed by atoms with Gasteiger partial charge in [0.25, 0.3) is 0 Å². The van der Waals surface area contributed by atoms with Crippen molar-refractivity contribution in [3.63, 3.8) is 0 Å². The quantitative estimate of drug-likeness (QED) is 0.480. The standard InChI is InChI=1S/C25H27N5O3/c1-5-22(31)30-12-9-19(10-13-30)29(2)25-23-18(8-11-26-24(23)27-28-25)7-6-17-14-20(32-3)16-21(15-17)33-4/h5,8,11,14-16,19H,1,9-10,12-13H2,2-4H3,(H,26,27,28). The largest absolute Gasteiger partial charge is 0.497 e. The Labute approximate surface area is 193 Å². The van der Waals surface area contributed by atoms with Crippen molar-refractivity contribution >= 4 is 22.8 Å². The lowest BCUT2D eigenvalue weighted by Gasteiger charge is -2.36. The molecule has 1 saturated heterocycles. The number of likely N-dealkylation sites (tertiary alicyclic amines) is 1. The van der Waals surface area contributed by atoms with Gasteiger partial charge in [-0.1, -0.05) is 18.4 Å². The number of benzene rings is 1. The summed E-state index contributed by atoms with van der Waals surface area (Å²) in [6.07, 6.45) is 4.81. The summed E-state index contributed by atoms with van der Waals surface area (Å²) < 4.78 is 10.7. The van der Waals surface area contributed by atoms with Gasteiger partial charge in [0, 0.05) is 49.6 Å². The zero-order chi connectivity index (χ0) is 23.4. The first-order chi connectivity index (χ1) is 16.0. The van der Waals surface area contributed by atoms with Gasteiger partial charge in [0.15, 0.2) is 11.5 Å². The van der Waals surface area contributed by atoms with Crippen LogP contribution >= 0.6 is 0 Å². The van der Waals surface area contributed by atoms with Crippen molar-refractivity contribution in [2.75, 3.05) is 39.3 Å². The molecule has 0 bridgehead atoms. The summed E-state index contributed by atoms with van der Waals surface area (Å²) in [4.78, 5) is 20.3. The molecule has 4 rings (SSSR count). The SMILES string of the molecule is C=CC(=O)N1CCC(N(C)c2n[nH]c3nccc(C#Cc4cc(OC)cc(OC)c4)c23)CC1. The monoisotopic (exact) mass is 445 g/mol. The third-order valence-electron chi connectivity index (χ3n) is 5.97. The number of methoxy groups -OCH3 is 2. The number of amides is 1. The molecule has 1 aromatic carbocycles. The fourth-order valence-electron chi connectivity index (χ4n) is 4.09. The molecular formula is C25H27N5O3. The number of anilines is 1. The molecule has 170 valence electrons. The third-order valence-corrected chi connectivity index (χ3v) is 5.97. The van der Waals surface area contributed by atoms with Gasteiger partial charge in [0.1, 0.15) is 11.5 Å². The van der Waals surface area contributed by atoms with Crippen molar-refractivity contribution < 1.29 is 14.3 Å². The molecule has 3 heterocycles. The molecule has 8 heteroatoms. The van der Waals surface area contributed by atoms with Crippen LogP contribution in [0.3, 0.4) is 0 Å². The van der Waals surface area contributed by atoms with Crippen LogP contribution in [-0.4, -0.2) is 66.4 Å². The summed E-state index contributed by atoms with van der Waals surface area (Å²) in [5.74, 6) is 8.64. The van der Waals surface area contributed by atoms with Crippen LogP contribution in [0, 0.1) is 11.8 Å². The van der Waals surface area contributed by atoms with E-state index in [9.17, 15) is 4.79 Å². The summed E-state index contributed by atoms with van der Waals surface area (Å²) >= 11 is 0. The zero-order valence-corrected chi connectivity index (χ0v) is 19.1. The lowest BCUT2D eigenvalue weighted by molar-refractivity contribution is -0.126. The Bertz CT molecular complexity index is 1210. The van der Waals surface area contributed by atoms with E-state index in [0.717, 1.165) is 35.2 Å². The van der Waals surface area contributed by atoms with E-state index in [4.69, 9.17) is 9.47 Å². The number of piperidine rings is 1. The fourth-order valence-corrected chi connectivity index (χ4v) is 4.09. The van der Waals surface area contributed by atoms with E-state index in [2.05, 4.69) is 38.5 Å². The Morgan fingerprint density at radius 3 is 2.55 bits per heavy atom. The number of pyridine rings is 1. The minimum Gasteiger partial charge on any atom is -0.497 e. The predicted octanol–water partition coefficient (Wildman–Crippen LogP) is 2.99. The van der Waals surface area contributed by atoms with Gasteiger partial charge in [-0.05, 0) is 37.1 Å². The summed E-state index contributed by atoms with van der Waals surface area (Å²) in [6.45, 7) is 4.98. The van der Waals surface area contributed by atoms with E-state index in [1.807, 2.05) is 36.2 Å². The van der Waals surface area contributed by atoms with Crippen molar-refractivity contribution in [2.45, 2.75) is 18.9 Å². The lowest BCUT2D eigenvalue weighted by Crippen LogP contribution is -2.45. The molecule has 0 radical (unpaired) electrons. The van der Waals surface area contributed by atoms with Gasteiger partial charge in [-0.2, -0.15) is 5.10 Å². The second-order valence-electron chi connectivity index (χ2n) is 7.85. The van der Waals surface area contributed by atoms with Crippen molar-refractivity contribution in [1.29, 1.82) is 0 Å². The van der Waals surface area contributed by atoms with E-state index in [-0.39, 0.29) is 11.9 Å². The van der Waals surface area contributed by atoms with Crippen LogP contribution in [0.4, 0.5) is 5.82 Å². The van der Waals surface area contributed by atoms with Gasteiger partial charge in [-0.15, -0.1) is 0 Å². The summed E-state index contributed by atoms with van der Waals surface area (Å²) in [5.41, 5.74) is 2.30. The van der Waals surface area contributed by atoms with Gasteiger partial charge in [-0.3, -0.25) is 9.89 Å². The number of carbonyl (C=O) groups is 1. The van der Waals surface area contributed by atoms with Crippen LogP contribution in [0.15, 0.2) is 43.1 Å². The molecule has 2 aromatic heterocycles. The maximum Gasteiger partial charge on any atom is 0.245 e. The number of aromatic amines is 1. The number of nitrogens with one attached hydrogen (secondary N) is 1. The molecule has 0 unspecified atom stereocenters. The average molecular weight is 446 g/mol. The molecule has 8 nitrogen and oxygen atoms in total. The van der Waals surface area contributed by atoms with Crippen LogP contribution in [0.1, 0.15) is 24.0 Å². The second-order valence-corrected chi connectivity index (χ2v) is 7.85. The van der Waals surface area contributed by atoms with Crippen LogP contribution in [0.25, 0.3) is 11.0 Å². The summed E-state index contributed by atoms with van der Waals surface area (Å²) in [7, 11) is 5.26. The number of fused-ring (bicyclic) bond motifs is 1. The Morgan fingerprint density at radius 2 is 1.91 bits per heavy atom. The molecule has 33 heavy (non-hydrogen) atoms. The van der Waals surface area contributed by atoms with Gasteiger partial charge in [0.05, 0.1) is 19.6 Å². The van der Waals surface area contributed by atoms with E-state index >= 15 is 0 Å². The number of nitrogens with zero attached hydrogens (tertiary/aromatic N) is 4. The minimum atomic E-state index is -0.0164. The number of rotatable bonds is 5. The highest BCUT2D eigenvalue weighted by atomic mass is 16.5. The highest BCUT2D eigenvalue weighted by Gasteiger charge is 2.27. The van der Waals surface area contributed by atoms with Crippen LogP contribution in [0.5, 0.6) is 11.5 Å². The topological polar surface area (TPSA) is 83.6 Å². The number of hydrogen-bond acceptors (Lipinski definition) is 6. The third kappa shape index (κ3) is 4.62. The molecule has 1 aliphatic rings. The first-order valence-electron chi connectivity index (χ1n) is 10.8. The zero-order valence-electron chi connectivity index (χ0n) is 19.1. The fraction of sp³-hybridized carbons (Fsp3) is 0.320. The number of H-pyrrole nitrogens is 1. The highest BCUT2D eigenvalue weighted by Crippen LogP contribution is 2.29. The van der Waals surface area contributed by atoms with Crippen LogP contribution in [-0.2, 0) is 4.79 Å². The van der Waals surface area contributed by atoms with Gasteiger partial charge < -0.3 is 19.3 Å². The number of ether oxygens (including phenoxy) is 2. The number of aromatic nitrogens is 3. The second kappa shape index (κ2) is 9.65. The molecular weight excluding hydrogens is 418 g/mol. The van der Waals surface area contributed by atoms with Crippen LogP contribution < -0.4 is 14.4 Å². The average Bonchev–Trinajstić information content (AvgIpc) is 3.31. The number of hydrogen-bond donors (Lipinski definition) is 1. The van der Waals surface area contributed by atoms with Crippen molar-refractivity contribution in [2.24, 2.45) is 0 Å². The molecule has 1 fully saturated rings. The molecule has 0 spiro atoms. The Hall–Kier alpha value is -3.99. The molecule has 1 aliphatic heterocycles. The molecule has 3 aromatic rings. The predicted molar refractivity (Wildman–Crippen MR) is 128 cm³/mol. The van der Waals surface area contributed by atoms with Crippen molar-refractivity contribution in [3.8, 4) is 23.3 Å². The van der Waals surface area contributed by atoms with Crippen molar-refractivity contribution in [1.82, 2.24) is 20.1 Å².